The lowest BCUT2D eigenvalue weighted by Crippen LogP contribution is -2.43. The molecule has 112 valence electrons. The van der Waals surface area contributed by atoms with E-state index in [0.717, 1.165) is 23.3 Å². The van der Waals surface area contributed by atoms with Gasteiger partial charge in [0.2, 0.25) is 0 Å². The Hall–Kier alpha value is -1.84. The minimum atomic E-state index is -1.01. The molecule has 2 aromatic carbocycles. The molecule has 0 aliphatic heterocycles. The third-order valence-corrected chi connectivity index (χ3v) is 3.98. The van der Waals surface area contributed by atoms with Gasteiger partial charge in [0.05, 0.1) is 7.11 Å². The highest BCUT2D eigenvalue weighted by Gasteiger charge is 2.32. The molecule has 0 heterocycles. The second kappa shape index (κ2) is 6.74. The van der Waals surface area contributed by atoms with Crippen LogP contribution in [0.5, 0.6) is 5.75 Å². The first kappa shape index (κ1) is 15.5. The minimum Gasteiger partial charge on any atom is -0.497 e. The number of nitrogens with two attached hydrogens (primary N) is 1. The van der Waals surface area contributed by atoms with E-state index in [-0.39, 0.29) is 6.04 Å². The highest BCUT2D eigenvalue weighted by Crippen LogP contribution is 2.29. The number of benzene rings is 2. The summed E-state index contributed by atoms with van der Waals surface area (Å²) >= 11 is 0. The van der Waals surface area contributed by atoms with Crippen molar-refractivity contribution in [2.75, 3.05) is 7.11 Å². The Morgan fingerprint density at radius 1 is 1.10 bits per heavy atom. The van der Waals surface area contributed by atoms with Gasteiger partial charge in [0.15, 0.2) is 0 Å². The van der Waals surface area contributed by atoms with Crippen LogP contribution >= 0.6 is 0 Å². The molecule has 3 nitrogen and oxygen atoms in total. The molecular weight excluding hydrogens is 262 g/mol. The van der Waals surface area contributed by atoms with E-state index in [2.05, 4.69) is 0 Å². The molecule has 3 heteroatoms. The monoisotopic (exact) mass is 285 g/mol. The first-order valence-corrected chi connectivity index (χ1v) is 7.22. The van der Waals surface area contributed by atoms with E-state index in [1.165, 1.54) is 0 Å². The van der Waals surface area contributed by atoms with E-state index in [1.807, 2.05) is 61.5 Å². The van der Waals surface area contributed by atoms with E-state index in [0.29, 0.717) is 6.42 Å². The first-order valence-electron chi connectivity index (χ1n) is 7.22. The first-order chi connectivity index (χ1) is 10.1. The summed E-state index contributed by atoms with van der Waals surface area (Å²) < 4.78 is 5.15. The van der Waals surface area contributed by atoms with Crippen LogP contribution in [0.25, 0.3) is 0 Å². The van der Waals surface area contributed by atoms with Crippen molar-refractivity contribution in [2.24, 2.45) is 5.73 Å². The van der Waals surface area contributed by atoms with Crippen LogP contribution in [-0.4, -0.2) is 18.3 Å². The van der Waals surface area contributed by atoms with Crippen LogP contribution in [0.3, 0.4) is 0 Å². The maximum absolute atomic E-state index is 11.0. The smallest absolute Gasteiger partial charge is 0.118 e. The highest BCUT2D eigenvalue weighted by atomic mass is 16.5. The summed E-state index contributed by atoms with van der Waals surface area (Å²) in [5.41, 5.74) is 7.06. The molecule has 0 aromatic heterocycles. The van der Waals surface area contributed by atoms with Crippen LogP contribution in [0.2, 0.25) is 0 Å². The van der Waals surface area contributed by atoms with Gasteiger partial charge in [-0.2, -0.15) is 0 Å². The summed E-state index contributed by atoms with van der Waals surface area (Å²) in [6, 6.07) is 17.2. The molecular formula is C18H23NO2. The van der Waals surface area contributed by atoms with Crippen molar-refractivity contribution in [3.63, 3.8) is 0 Å². The fourth-order valence-corrected chi connectivity index (χ4v) is 2.49. The van der Waals surface area contributed by atoms with Gasteiger partial charge in [-0.25, -0.2) is 0 Å². The third-order valence-electron chi connectivity index (χ3n) is 3.98. The van der Waals surface area contributed by atoms with Gasteiger partial charge in [-0.1, -0.05) is 42.5 Å². The standard InChI is InChI=1S/C18H23NO2/c1-14(19)18(20,16-6-4-3-5-7-16)13-12-15-8-10-17(21-2)11-9-15/h3-11,14,20H,12-13,19H2,1-2H3. The fraction of sp³-hybridized carbons (Fsp3) is 0.333. The van der Waals surface area contributed by atoms with Gasteiger partial charge < -0.3 is 15.6 Å². The van der Waals surface area contributed by atoms with Crippen molar-refractivity contribution >= 4 is 0 Å². The van der Waals surface area contributed by atoms with Gasteiger partial charge in [0.25, 0.3) is 0 Å². The van der Waals surface area contributed by atoms with Crippen molar-refractivity contribution in [3.8, 4) is 5.75 Å². The van der Waals surface area contributed by atoms with E-state index in [1.54, 1.807) is 7.11 Å². The zero-order valence-corrected chi connectivity index (χ0v) is 12.6. The molecule has 0 amide bonds. The summed E-state index contributed by atoms with van der Waals surface area (Å²) in [4.78, 5) is 0. The van der Waals surface area contributed by atoms with Gasteiger partial charge in [0.1, 0.15) is 11.4 Å². The Balaban J connectivity index is 2.13. The zero-order valence-electron chi connectivity index (χ0n) is 12.6. The molecule has 0 aliphatic rings. The molecule has 2 unspecified atom stereocenters. The minimum absolute atomic E-state index is 0.335. The van der Waals surface area contributed by atoms with E-state index in [4.69, 9.17) is 10.5 Å². The highest BCUT2D eigenvalue weighted by molar-refractivity contribution is 5.29. The Morgan fingerprint density at radius 2 is 1.71 bits per heavy atom. The van der Waals surface area contributed by atoms with Gasteiger partial charge in [-0.05, 0) is 43.0 Å². The quantitative estimate of drug-likeness (QED) is 0.858. The number of hydrogen-bond acceptors (Lipinski definition) is 3. The summed E-state index contributed by atoms with van der Waals surface area (Å²) in [5.74, 6) is 0.837. The van der Waals surface area contributed by atoms with Gasteiger partial charge >= 0.3 is 0 Å². The maximum Gasteiger partial charge on any atom is 0.118 e. The summed E-state index contributed by atoms with van der Waals surface area (Å²) in [7, 11) is 1.65. The van der Waals surface area contributed by atoms with Crippen molar-refractivity contribution in [3.05, 3.63) is 65.7 Å². The molecule has 0 aliphatic carbocycles. The molecule has 0 saturated heterocycles. The van der Waals surface area contributed by atoms with Crippen LogP contribution in [0.15, 0.2) is 54.6 Å². The molecule has 2 aromatic rings. The van der Waals surface area contributed by atoms with Crippen molar-refractivity contribution < 1.29 is 9.84 Å². The fourth-order valence-electron chi connectivity index (χ4n) is 2.49. The Labute approximate surface area is 126 Å². The number of aryl methyl sites for hydroxylation is 1. The summed E-state index contributed by atoms with van der Waals surface area (Å²) in [5, 5.41) is 11.0. The van der Waals surface area contributed by atoms with Crippen LogP contribution in [0.1, 0.15) is 24.5 Å². The SMILES string of the molecule is COc1ccc(CCC(O)(c2ccccc2)C(C)N)cc1. The number of methoxy groups -OCH3 is 1. The summed E-state index contributed by atoms with van der Waals surface area (Å²) in [6.45, 7) is 1.85. The molecule has 0 radical (unpaired) electrons. The number of rotatable bonds is 6. The molecule has 0 bridgehead atoms. The Morgan fingerprint density at radius 3 is 2.24 bits per heavy atom. The van der Waals surface area contributed by atoms with E-state index in [9.17, 15) is 5.11 Å². The largest absolute Gasteiger partial charge is 0.497 e. The second-order valence-electron chi connectivity index (χ2n) is 5.43. The van der Waals surface area contributed by atoms with E-state index < -0.39 is 5.60 Å². The Kier molecular flexibility index (Phi) is 4.99. The van der Waals surface area contributed by atoms with Gasteiger partial charge in [-0.3, -0.25) is 0 Å². The number of ether oxygens (including phenoxy) is 1. The Bertz CT molecular complexity index is 551. The topological polar surface area (TPSA) is 55.5 Å². The molecule has 3 N–H and O–H groups in total. The molecule has 0 fully saturated rings. The van der Waals surface area contributed by atoms with E-state index >= 15 is 0 Å². The zero-order chi connectivity index (χ0) is 15.3. The van der Waals surface area contributed by atoms with Crippen LogP contribution < -0.4 is 10.5 Å². The van der Waals surface area contributed by atoms with Gasteiger partial charge in [0, 0.05) is 6.04 Å². The molecule has 2 atom stereocenters. The molecule has 21 heavy (non-hydrogen) atoms. The van der Waals surface area contributed by atoms with Crippen molar-refractivity contribution in [2.45, 2.75) is 31.4 Å². The molecule has 2 rings (SSSR count). The third kappa shape index (κ3) is 3.63. The molecule has 0 spiro atoms. The average Bonchev–Trinajstić information content (AvgIpc) is 2.53. The van der Waals surface area contributed by atoms with Crippen molar-refractivity contribution in [1.82, 2.24) is 0 Å². The normalized spacial score (nSPS) is 15.2. The van der Waals surface area contributed by atoms with Crippen LogP contribution in [0.4, 0.5) is 0 Å². The lowest BCUT2D eigenvalue weighted by atomic mass is 9.82. The number of aliphatic hydroxyl groups is 1. The maximum atomic E-state index is 11.0. The predicted octanol–water partition coefficient (Wildman–Crippen LogP) is 2.86. The van der Waals surface area contributed by atoms with Crippen LogP contribution in [0, 0.1) is 0 Å². The lowest BCUT2D eigenvalue weighted by molar-refractivity contribution is 0.00661. The molecule has 0 saturated carbocycles. The lowest BCUT2D eigenvalue weighted by Gasteiger charge is -2.32. The second-order valence-corrected chi connectivity index (χ2v) is 5.43. The summed E-state index contributed by atoms with van der Waals surface area (Å²) in [6.07, 6.45) is 1.35. The van der Waals surface area contributed by atoms with Gasteiger partial charge in [-0.15, -0.1) is 0 Å². The average molecular weight is 285 g/mol. The predicted molar refractivity (Wildman–Crippen MR) is 85.3 cm³/mol. The number of hydrogen-bond donors (Lipinski definition) is 2. The van der Waals surface area contributed by atoms with Crippen LogP contribution in [-0.2, 0) is 12.0 Å². The van der Waals surface area contributed by atoms with Crippen molar-refractivity contribution in [1.29, 1.82) is 0 Å².